The van der Waals surface area contributed by atoms with Crippen molar-refractivity contribution in [3.8, 4) is 0 Å². The van der Waals surface area contributed by atoms with Gasteiger partial charge in [-0.25, -0.2) is 0 Å². The van der Waals surface area contributed by atoms with Gasteiger partial charge in [-0.1, -0.05) is 11.3 Å². The van der Waals surface area contributed by atoms with Crippen LogP contribution in [-0.2, 0) is 9.53 Å². The maximum absolute atomic E-state index is 11.7. The molecule has 0 bridgehead atoms. The van der Waals surface area contributed by atoms with Crippen molar-refractivity contribution in [1.82, 2.24) is 10.2 Å². The fourth-order valence-corrected chi connectivity index (χ4v) is 1.98. The molecule has 0 radical (unpaired) electrons. The Kier molecular flexibility index (Phi) is 2.94. The van der Waals surface area contributed by atoms with Gasteiger partial charge in [0, 0.05) is 6.04 Å². The van der Waals surface area contributed by atoms with E-state index < -0.39 is 0 Å². The molecule has 1 aliphatic rings. The maximum atomic E-state index is 11.7. The molecule has 3 N–H and O–H groups in total. The lowest BCUT2D eigenvalue weighted by Gasteiger charge is -2.10. The van der Waals surface area contributed by atoms with Crippen LogP contribution in [0.5, 0.6) is 0 Å². The predicted octanol–water partition coefficient (Wildman–Crippen LogP) is -0.241. The fraction of sp³-hybridized carbons (Fsp3) is 0.625. The van der Waals surface area contributed by atoms with Gasteiger partial charge in [-0.3, -0.25) is 4.79 Å². The van der Waals surface area contributed by atoms with E-state index in [-0.39, 0.29) is 17.9 Å². The van der Waals surface area contributed by atoms with E-state index in [1.807, 2.05) is 6.92 Å². The molecule has 0 saturated carbocycles. The number of aryl methyl sites for hydroxylation is 1. The Morgan fingerprint density at radius 3 is 2.93 bits per heavy atom. The molecule has 82 valence electrons. The third-order valence-corrected chi connectivity index (χ3v) is 2.97. The molecule has 6 nitrogen and oxygen atoms in total. The summed E-state index contributed by atoms with van der Waals surface area (Å²) in [7, 11) is 0. The number of nitrogens with one attached hydrogen (secondary N) is 1. The van der Waals surface area contributed by atoms with Crippen molar-refractivity contribution in [2.45, 2.75) is 13.0 Å². The molecule has 2 atom stereocenters. The van der Waals surface area contributed by atoms with Crippen LogP contribution < -0.4 is 11.1 Å². The lowest BCUT2D eigenvalue weighted by atomic mass is 10.0. The van der Waals surface area contributed by atoms with E-state index in [1.165, 1.54) is 11.3 Å². The zero-order valence-corrected chi connectivity index (χ0v) is 9.08. The molecule has 2 heterocycles. The highest BCUT2D eigenvalue weighted by Crippen LogP contribution is 2.17. The van der Waals surface area contributed by atoms with Gasteiger partial charge in [0.1, 0.15) is 5.01 Å². The van der Waals surface area contributed by atoms with Gasteiger partial charge in [-0.2, -0.15) is 0 Å². The monoisotopic (exact) mass is 228 g/mol. The van der Waals surface area contributed by atoms with E-state index in [1.54, 1.807) is 0 Å². The number of aromatic nitrogens is 2. The van der Waals surface area contributed by atoms with Crippen molar-refractivity contribution < 1.29 is 9.53 Å². The molecule has 1 aliphatic heterocycles. The van der Waals surface area contributed by atoms with Gasteiger partial charge in [-0.05, 0) is 6.92 Å². The Morgan fingerprint density at radius 2 is 2.40 bits per heavy atom. The van der Waals surface area contributed by atoms with E-state index in [9.17, 15) is 4.79 Å². The minimum atomic E-state index is -0.283. The molecule has 1 aromatic rings. The number of nitrogens with two attached hydrogens (primary N) is 1. The largest absolute Gasteiger partial charge is 0.379 e. The van der Waals surface area contributed by atoms with Crippen LogP contribution in [0.15, 0.2) is 0 Å². The molecular formula is C8H12N4O2S. The summed E-state index contributed by atoms with van der Waals surface area (Å²) >= 11 is 1.34. The SMILES string of the molecule is Cc1nnc(NC(=O)C2COCC2N)s1. The third kappa shape index (κ3) is 2.31. The zero-order chi connectivity index (χ0) is 10.8. The molecule has 0 spiro atoms. The van der Waals surface area contributed by atoms with Gasteiger partial charge in [0.2, 0.25) is 11.0 Å². The van der Waals surface area contributed by atoms with Crippen molar-refractivity contribution in [3.63, 3.8) is 0 Å². The van der Waals surface area contributed by atoms with Gasteiger partial charge >= 0.3 is 0 Å². The Labute approximate surface area is 90.8 Å². The van der Waals surface area contributed by atoms with Gasteiger partial charge in [0.25, 0.3) is 0 Å². The smallest absolute Gasteiger partial charge is 0.233 e. The average molecular weight is 228 g/mol. The maximum Gasteiger partial charge on any atom is 0.233 e. The van der Waals surface area contributed by atoms with Crippen molar-refractivity contribution >= 4 is 22.4 Å². The molecule has 2 unspecified atom stereocenters. The Hall–Kier alpha value is -1.05. The number of anilines is 1. The van der Waals surface area contributed by atoms with Gasteiger partial charge < -0.3 is 15.8 Å². The number of amides is 1. The zero-order valence-electron chi connectivity index (χ0n) is 8.27. The number of carbonyl (C=O) groups excluding carboxylic acids is 1. The summed E-state index contributed by atoms with van der Waals surface area (Å²) < 4.78 is 5.11. The summed E-state index contributed by atoms with van der Waals surface area (Å²) in [5.74, 6) is -0.426. The molecular weight excluding hydrogens is 216 g/mol. The molecule has 15 heavy (non-hydrogen) atoms. The summed E-state index contributed by atoms with van der Waals surface area (Å²) in [6, 6.07) is -0.223. The van der Waals surface area contributed by atoms with Crippen LogP contribution in [0.3, 0.4) is 0 Å². The van der Waals surface area contributed by atoms with Gasteiger partial charge in [-0.15, -0.1) is 10.2 Å². The molecule has 1 aromatic heterocycles. The van der Waals surface area contributed by atoms with Crippen LogP contribution >= 0.6 is 11.3 Å². The highest BCUT2D eigenvalue weighted by Gasteiger charge is 2.31. The van der Waals surface area contributed by atoms with Crippen LogP contribution in [0.1, 0.15) is 5.01 Å². The molecule has 2 rings (SSSR count). The van der Waals surface area contributed by atoms with Crippen molar-refractivity contribution in [2.24, 2.45) is 11.7 Å². The quantitative estimate of drug-likeness (QED) is 0.729. The number of rotatable bonds is 2. The number of ether oxygens (including phenoxy) is 1. The summed E-state index contributed by atoms with van der Waals surface area (Å²) in [4.78, 5) is 11.7. The first-order chi connectivity index (χ1) is 7.16. The Bertz CT molecular complexity index is 367. The molecule has 1 saturated heterocycles. The van der Waals surface area contributed by atoms with Crippen LogP contribution in [0.4, 0.5) is 5.13 Å². The minimum Gasteiger partial charge on any atom is -0.379 e. The number of hydrogen-bond acceptors (Lipinski definition) is 6. The van der Waals surface area contributed by atoms with Crippen molar-refractivity contribution in [1.29, 1.82) is 0 Å². The third-order valence-electron chi connectivity index (χ3n) is 2.22. The first kappa shape index (κ1) is 10.5. The van der Waals surface area contributed by atoms with E-state index in [0.717, 1.165) is 5.01 Å². The average Bonchev–Trinajstić information content (AvgIpc) is 2.75. The second-order valence-corrected chi connectivity index (χ2v) is 4.60. The second-order valence-electron chi connectivity index (χ2n) is 3.42. The molecule has 7 heteroatoms. The summed E-state index contributed by atoms with van der Waals surface area (Å²) in [5, 5.41) is 11.6. The van der Waals surface area contributed by atoms with Gasteiger partial charge in [0.05, 0.1) is 19.1 Å². The molecule has 1 amide bonds. The molecule has 0 aromatic carbocycles. The predicted molar refractivity (Wildman–Crippen MR) is 55.6 cm³/mol. The first-order valence-electron chi connectivity index (χ1n) is 4.61. The summed E-state index contributed by atoms with van der Waals surface area (Å²) in [6.45, 7) is 2.65. The number of hydrogen-bond donors (Lipinski definition) is 2. The molecule has 0 aliphatic carbocycles. The van der Waals surface area contributed by atoms with E-state index in [4.69, 9.17) is 10.5 Å². The standard InChI is InChI=1S/C8H12N4O2S/c1-4-11-12-8(15-4)10-7(13)5-2-14-3-6(5)9/h5-6H,2-3,9H2,1H3,(H,10,12,13). The first-order valence-corrected chi connectivity index (χ1v) is 5.43. The Morgan fingerprint density at radius 1 is 1.60 bits per heavy atom. The fourth-order valence-electron chi connectivity index (χ4n) is 1.39. The van der Waals surface area contributed by atoms with Crippen LogP contribution in [0, 0.1) is 12.8 Å². The number of carbonyl (C=O) groups is 1. The lowest BCUT2D eigenvalue weighted by Crippen LogP contribution is -2.37. The normalized spacial score (nSPS) is 25.5. The van der Waals surface area contributed by atoms with Crippen molar-refractivity contribution in [2.75, 3.05) is 18.5 Å². The van der Waals surface area contributed by atoms with Crippen LogP contribution in [-0.4, -0.2) is 35.4 Å². The van der Waals surface area contributed by atoms with Crippen LogP contribution in [0.25, 0.3) is 0 Å². The van der Waals surface area contributed by atoms with E-state index in [0.29, 0.717) is 18.3 Å². The number of nitrogens with zero attached hydrogens (tertiary/aromatic N) is 2. The van der Waals surface area contributed by atoms with E-state index >= 15 is 0 Å². The lowest BCUT2D eigenvalue weighted by molar-refractivity contribution is -0.120. The Balaban J connectivity index is 1.97. The highest BCUT2D eigenvalue weighted by atomic mass is 32.1. The summed E-state index contributed by atoms with van der Waals surface area (Å²) in [5.41, 5.74) is 5.72. The van der Waals surface area contributed by atoms with E-state index in [2.05, 4.69) is 15.5 Å². The van der Waals surface area contributed by atoms with Gasteiger partial charge in [0.15, 0.2) is 0 Å². The molecule has 1 fully saturated rings. The summed E-state index contributed by atoms with van der Waals surface area (Å²) in [6.07, 6.45) is 0. The topological polar surface area (TPSA) is 90.1 Å². The van der Waals surface area contributed by atoms with Crippen molar-refractivity contribution in [3.05, 3.63) is 5.01 Å². The van der Waals surface area contributed by atoms with Crippen LogP contribution in [0.2, 0.25) is 0 Å². The second kappa shape index (κ2) is 4.21. The minimum absolute atomic E-state index is 0.142. The highest BCUT2D eigenvalue weighted by molar-refractivity contribution is 7.15.